The lowest BCUT2D eigenvalue weighted by Gasteiger charge is -2.12. The fourth-order valence-corrected chi connectivity index (χ4v) is 3.08. The molecule has 2 N–H and O–H groups in total. The summed E-state index contributed by atoms with van der Waals surface area (Å²) in [5.41, 5.74) is 0. The second kappa shape index (κ2) is 6.85. The van der Waals surface area contributed by atoms with Crippen LogP contribution in [-0.2, 0) is 21.4 Å². The highest BCUT2D eigenvalue weighted by molar-refractivity contribution is 7.89. The number of hydrogen-bond acceptors (Lipinski definition) is 4. The van der Waals surface area contributed by atoms with Gasteiger partial charge in [0, 0.05) is 12.7 Å². The minimum atomic E-state index is -3.91. The van der Waals surface area contributed by atoms with E-state index in [1.807, 2.05) is 6.92 Å². The van der Waals surface area contributed by atoms with Crippen molar-refractivity contribution in [2.24, 2.45) is 0 Å². The van der Waals surface area contributed by atoms with Gasteiger partial charge in [0.1, 0.15) is 11.9 Å². The monoisotopic (exact) mass is 303 g/mol. The molecule has 0 bridgehead atoms. The Bertz CT molecular complexity index is 565. The summed E-state index contributed by atoms with van der Waals surface area (Å²) >= 11 is 0. The first-order valence-corrected chi connectivity index (χ1v) is 8.09. The molecule has 0 fully saturated rings. The molecule has 0 radical (unpaired) electrons. The van der Waals surface area contributed by atoms with Crippen molar-refractivity contribution in [3.05, 3.63) is 12.0 Å². The molecule has 1 aromatic rings. The second-order valence-corrected chi connectivity index (χ2v) is 6.28. The van der Waals surface area contributed by atoms with Crippen LogP contribution in [0.2, 0.25) is 0 Å². The smallest absolute Gasteiger partial charge is 0.321 e. The molecule has 7 nitrogen and oxygen atoms in total. The average Bonchev–Trinajstić information content (AvgIpc) is 2.71. The Balaban J connectivity index is 2.98. The molecule has 0 aliphatic heterocycles. The van der Waals surface area contributed by atoms with Crippen LogP contribution in [-0.4, -0.2) is 35.1 Å². The van der Waals surface area contributed by atoms with Gasteiger partial charge in [-0.2, -0.15) is 4.72 Å². The molecular weight excluding hydrogens is 282 g/mol. The number of aliphatic carboxylic acids is 1. The zero-order valence-corrected chi connectivity index (χ0v) is 12.8. The fourth-order valence-electron chi connectivity index (χ4n) is 1.85. The molecule has 0 amide bonds. The lowest BCUT2D eigenvalue weighted by Crippen LogP contribution is -2.40. The molecule has 0 aliphatic carbocycles. The number of aryl methyl sites for hydroxylation is 2. The van der Waals surface area contributed by atoms with E-state index in [1.165, 1.54) is 6.20 Å². The van der Waals surface area contributed by atoms with Gasteiger partial charge in [0.2, 0.25) is 0 Å². The Morgan fingerprint density at radius 1 is 1.45 bits per heavy atom. The molecule has 1 rings (SSSR count). The molecule has 1 atom stereocenters. The molecule has 0 saturated heterocycles. The van der Waals surface area contributed by atoms with Gasteiger partial charge in [0.15, 0.2) is 5.03 Å². The Hall–Kier alpha value is -1.41. The minimum Gasteiger partial charge on any atom is -0.480 e. The van der Waals surface area contributed by atoms with Crippen molar-refractivity contribution < 1.29 is 18.3 Å². The van der Waals surface area contributed by atoms with Crippen molar-refractivity contribution in [1.29, 1.82) is 0 Å². The van der Waals surface area contributed by atoms with Crippen molar-refractivity contribution in [2.75, 3.05) is 0 Å². The van der Waals surface area contributed by atoms with E-state index in [-0.39, 0.29) is 11.4 Å². The minimum absolute atomic E-state index is 0.134. The third kappa shape index (κ3) is 4.04. The van der Waals surface area contributed by atoms with E-state index in [9.17, 15) is 13.2 Å². The molecule has 1 unspecified atom stereocenters. The molecule has 0 aliphatic rings. The molecule has 1 heterocycles. The number of carboxylic acid groups (broad SMARTS) is 1. The first-order chi connectivity index (χ1) is 9.31. The number of sulfonamides is 1. The summed E-state index contributed by atoms with van der Waals surface area (Å²) in [7, 11) is -3.91. The maximum Gasteiger partial charge on any atom is 0.321 e. The van der Waals surface area contributed by atoms with Crippen LogP contribution in [0.3, 0.4) is 0 Å². The number of carboxylic acids is 1. The van der Waals surface area contributed by atoms with Crippen LogP contribution in [0.25, 0.3) is 0 Å². The number of nitrogens with zero attached hydrogens (tertiary/aromatic N) is 2. The number of nitrogens with one attached hydrogen (secondary N) is 1. The lowest BCUT2D eigenvalue weighted by molar-refractivity contribution is -0.139. The highest BCUT2D eigenvalue weighted by Crippen LogP contribution is 2.11. The van der Waals surface area contributed by atoms with E-state index in [2.05, 4.69) is 9.71 Å². The standard InChI is InChI=1S/C12H21N3O4S/c1-4-6-10(12(16)17)14-20(18,19)11-8-15(7-5-2)9(3)13-11/h8,10,14H,4-7H2,1-3H3,(H,16,17). The quantitative estimate of drug-likeness (QED) is 0.749. The maximum atomic E-state index is 12.1. The van der Waals surface area contributed by atoms with Crippen molar-refractivity contribution in [2.45, 2.75) is 57.6 Å². The molecule has 114 valence electrons. The van der Waals surface area contributed by atoms with Crippen LogP contribution in [0.4, 0.5) is 0 Å². The van der Waals surface area contributed by atoms with Crippen LogP contribution in [0.15, 0.2) is 11.2 Å². The summed E-state index contributed by atoms with van der Waals surface area (Å²) in [6.45, 7) is 6.17. The molecule has 8 heteroatoms. The van der Waals surface area contributed by atoms with E-state index < -0.39 is 22.0 Å². The van der Waals surface area contributed by atoms with E-state index in [1.54, 1.807) is 18.4 Å². The molecule has 1 aromatic heterocycles. The average molecular weight is 303 g/mol. The summed E-state index contributed by atoms with van der Waals surface area (Å²) in [6, 6.07) is -1.12. The van der Waals surface area contributed by atoms with Gasteiger partial charge in [-0.25, -0.2) is 13.4 Å². The summed E-state index contributed by atoms with van der Waals surface area (Å²) in [5.74, 6) is -0.588. The largest absolute Gasteiger partial charge is 0.480 e. The summed E-state index contributed by atoms with van der Waals surface area (Å²) in [6.07, 6.45) is 3.11. The van der Waals surface area contributed by atoms with Crippen molar-refractivity contribution >= 4 is 16.0 Å². The van der Waals surface area contributed by atoms with Crippen LogP contribution >= 0.6 is 0 Å². The number of carbonyl (C=O) groups is 1. The predicted molar refractivity (Wildman–Crippen MR) is 73.9 cm³/mol. The Morgan fingerprint density at radius 3 is 2.60 bits per heavy atom. The Labute approximate surface area is 119 Å². The SMILES string of the molecule is CCCC(NS(=O)(=O)c1cn(CCC)c(C)n1)C(=O)O. The number of hydrogen-bond donors (Lipinski definition) is 2. The zero-order chi connectivity index (χ0) is 15.3. The second-order valence-electron chi connectivity index (χ2n) is 4.62. The summed E-state index contributed by atoms with van der Waals surface area (Å²) < 4.78 is 28.2. The molecule has 0 aromatic carbocycles. The van der Waals surface area contributed by atoms with Gasteiger partial charge >= 0.3 is 5.97 Å². The van der Waals surface area contributed by atoms with Gasteiger partial charge < -0.3 is 9.67 Å². The van der Waals surface area contributed by atoms with Crippen LogP contribution in [0.1, 0.15) is 38.9 Å². The number of imidazole rings is 1. The van der Waals surface area contributed by atoms with E-state index in [4.69, 9.17) is 5.11 Å². The summed E-state index contributed by atoms with van der Waals surface area (Å²) in [4.78, 5) is 15.0. The Morgan fingerprint density at radius 2 is 2.10 bits per heavy atom. The zero-order valence-electron chi connectivity index (χ0n) is 12.0. The fraction of sp³-hybridized carbons (Fsp3) is 0.667. The highest BCUT2D eigenvalue weighted by atomic mass is 32.2. The van der Waals surface area contributed by atoms with E-state index in [0.29, 0.717) is 18.8 Å². The molecule has 0 saturated carbocycles. The van der Waals surface area contributed by atoms with Crippen LogP contribution < -0.4 is 4.72 Å². The third-order valence-corrected chi connectivity index (χ3v) is 4.21. The number of aromatic nitrogens is 2. The number of rotatable bonds is 8. The van der Waals surface area contributed by atoms with Gasteiger partial charge in [-0.3, -0.25) is 4.79 Å². The van der Waals surface area contributed by atoms with E-state index in [0.717, 1.165) is 6.42 Å². The molecule has 20 heavy (non-hydrogen) atoms. The highest BCUT2D eigenvalue weighted by Gasteiger charge is 2.26. The summed E-state index contributed by atoms with van der Waals surface area (Å²) in [5, 5.41) is 8.87. The normalized spacial score (nSPS) is 13.3. The first-order valence-electron chi connectivity index (χ1n) is 6.60. The lowest BCUT2D eigenvalue weighted by atomic mass is 10.2. The first kappa shape index (κ1) is 16.6. The van der Waals surface area contributed by atoms with Crippen LogP contribution in [0, 0.1) is 6.92 Å². The van der Waals surface area contributed by atoms with Gasteiger partial charge in [0.25, 0.3) is 10.0 Å². The maximum absolute atomic E-state index is 12.1. The molecule has 0 spiro atoms. The predicted octanol–water partition coefficient (Wildman–Crippen LogP) is 1.13. The molecular formula is C12H21N3O4S. The van der Waals surface area contributed by atoms with Gasteiger partial charge in [-0.15, -0.1) is 0 Å². The van der Waals surface area contributed by atoms with Crippen molar-refractivity contribution in [3.63, 3.8) is 0 Å². The van der Waals surface area contributed by atoms with Gasteiger partial charge in [-0.05, 0) is 19.8 Å². The Kier molecular flexibility index (Phi) is 5.70. The van der Waals surface area contributed by atoms with Crippen molar-refractivity contribution in [1.82, 2.24) is 14.3 Å². The van der Waals surface area contributed by atoms with Gasteiger partial charge in [-0.1, -0.05) is 20.3 Å². The topological polar surface area (TPSA) is 101 Å². The van der Waals surface area contributed by atoms with Crippen LogP contribution in [0.5, 0.6) is 0 Å². The van der Waals surface area contributed by atoms with Crippen molar-refractivity contribution in [3.8, 4) is 0 Å². The van der Waals surface area contributed by atoms with Gasteiger partial charge in [0.05, 0.1) is 0 Å². The van der Waals surface area contributed by atoms with E-state index >= 15 is 0 Å². The third-order valence-electron chi connectivity index (χ3n) is 2.87.